The van der Waals surface area contributed by atoms with Gasteiger partial charge in [0, 0.05) is 6.04 Å². The van der Waals surface area contributed by atoms with E-state index in [2.05, 4.69) is 5.32 Å². The smallest absolute Gasteiger partial charge is 0.262 e. The van der Waals surface area contributed by atoms with Crippen molar-refractivity contribution in [2.45, 2.75) is 37.0 Å². The number of hydrogen-bond acceptors (Lipinski definition) is 4. The Kier molecular flexibility index (Phi) is 4.99. The first-order chi connectivity index (χ1) is 13.1. The predicted molar refractivity (Wildman–Crippen MR) is 108 cm³/mol. The molecule has 0 bridgehead atoms. The Morgan fingerprint density at radius 3 is 2.63 bits per heavy atom. The fourth-order valence-electron chi connectivity index (χ4n) is 3.08. The highest BCUT2D eigenvalue weighted by molar-refractivity contribution is 7.99. The number of nitrogens with one attached hydrogen (secondary N) is 1. The summed E-state index contributed by atoms with van der Waals surface area (Å²) < 4.78 is 1.70. The molecule has 1 N–H and O–H groups in total. The van der Waals surface area contributed by atoms with Gasteiger partial charge >= 0.3 is 0 Å². The number of carbonyl (C=O) groups is 1. The zero-order valence-electron chi connectivity index (χ0n) is 15.1. The summed E-state index contributed by atoms with van der Waals surface area (Å²) in [5.41, 5.74) is 1.60. The number of benzene rings is 2. The molecule has 1 aliphatic carbocycles. The number of carbonyl (C=O) groups excluding carboxylic acids is 1. The van der Waals surface area contributed by atoms with Crippen molar-refractivity contribution < 1.29 is 4.79 Å². The molecule has 138 valence electrons. The lowest BCUT2D eigenvalue weighted by Crippen LogP contribution is -2.29. The topological polar surface area (TPSA) is 64.0 Å². The number of aromatic nitrogens is 2. The molecule has 2 aromatic carbocycles. The predicted octanol–water partition coefficient (Wildman–Crippen LogP) is 3.38. The lowest BCUT2D eigenvalue weighted by molar-refractivity contribution is -0.118. The first-order valence-electron chi connectivity index (χ1n) is 9.12. The third-order valence-electron chi connectivity index (χ3n) is 4.72. The van der Waals surface area contributed by atoms with Gasteiger partial charge in [0.1, 0.15) is 0 Å². The second-order valence-corrected chi connectivity index (χ2v) is 7.75. The van der Waals surface area contributed by atoms with Crippen LogP contribution in [0.3, 0.4) is 0 Å². The SMILES string of the molecule is C[C@H](c1ccccc1)n1c(SCC(=O)NC2CC2)nc2ccccc2c1=O. The highest BCUT2D eigenvalue weighted by Gasteiger charge is 2.24. The molecule has 0 aliphatic heterocycles. The van der Waals surface area contributed by atoms with E-state index in [1.54, 1.807) is 10.6 Å². The van der Waals surface area contributed by atoms with Gasteiger partial charge in [0.05, 0.1) is 22.7 Å². The van der Waals surface area contributed by atoms with Gasteiger partial charge in [-0.3, -0.25) is 14.2 Å². The van der Waals surface area contributed by atoms with Crippen molar-refractivity contribution in [3.63, 3.8) is 0 Å². The van der Waals surface area contributed by atoms with Gasteiger partial charge in [-0.25, -0.2) is 4.98 Å². The zero-order chi connectivity index (χ0) is 18.8. The van der Waals surface area contributed by atoms with Crippen LogP contribution >= 0.6 is 11.8 Å². The van der Waals surface area contributed by atoms with Crippen molar-refractivity contribution in [3.8, 4) is 0 Å². The van der Waals surface area contributed by atoms with Crippen LogP contribution in [0.5, 0.6) is 0 Å². The highest BCUT2D eigenvalue weighted by Crippen LogP contribution is 2.25. The second kappa shape index (κ2) is 7.56. The average molecular weight is 379 g/mol. The Morgan fingerprint density at radius 2 is 1.89 bits per heavy atom. The molecular weight excluding hydrogens is 358 g/mol. The van der Waals surface area contributed by atoms with Crippen LogP contribution in [0.25, 0.3) is 10.9 Å². The number of hydrogen-bond donors (Lipinski definition) is 1. The Labute approximate surface area is 161 Å². The number of para-hydroxylation sites is 1. The van der Waals surface area contributed by atoms with Gasteiger partial charge in [0.2, 0.25) is 5.91 Å². The van der Waals surface area contributed by atoms with Crippen LogP contribution in [0.1, 0.15) is 31.4 Å². The van der Waals surface area contributed by atoms with E-state index < -0.39 is 0 Å². The fraction of sp³-hybridized carbons (Fsp3) is 0.286. The molecule has 1 heterocycles. The van der Waals surface area contributed by atoms with Crippen LogP contribution in [0, 0.1) is 0 Å². The molecule has 4 rings (SSSR count). The van der Waals surface area contributed by atoms with E-state index in [0.29, 0.717) is 22.1 Å². The lowest BCUT2D eigenvalue weighted by Gasteiger charge is -2.20. The van der Waals surface area contributed by atoms with Crippen LogP contribution < -0.4 is 10.9 Å². The van der Waals surface area contributed by atoms with Gasteiger partial charge in [-0.1, -0.05) is 54.2 Å². The number of rotatable bonds is 6. The fourth-order valence-corrected chi connectivity index (χ4v) is 3.96. The van der Waals surface area contributed by atoms with Crippen LogP contribution in [-0.2, 0) is 4.79 Å². The molecule has 0 saturated heterocycles. The van der Waals surface area contributed by atoms with Gasteiger partial charge < -0.3 is 5.32 Å². The molecule has 0 radical (unpaired) electrons. The molecule has 5 nitrogen and oxygen atoms in total. The zero-order valence-corrected chi connectivity index (χ0v) is 15.9. The maximum Gasteiger partial charge on any atom is 0.262 e. The summed E-state index contributed by atoms with van der Waals surface area (Å²) in [6.45, 7) is 1.99. The Morgan fingerprint density at radius 1 is 1.19 bits per heavy atom. The molecule has 27 heavy (non-hydrogen) atoms. The summed E-state index contributed by atoms with van der Waals surface area (Å²) in [4.78, 5) is 30.0. The van der Waals surface area contributed by atoms with Crippen LogP contribution in [0.15, 0.2) is 64.5 Å². The highest BCUT2D eigenvalue weighted by atomic mass is 32.2. The standard InChI is InChI=1S/C21H21N3O2S/c1-14(15-7-3-2-4-8-15)24-20(26)17-9-5-6-10-18(17)23-21(24)27-13-19(25)22-16-11-12-16/h2-10,14,16H,11-13H2,1H3,(H,22,25)/t14-/m1/s1. The van der Waals surface area contributed by atoms with Gasteiger partial charge in [-0.15, -0.1) is 0 Å². The third kappa shape index (κ3) is 3.90. The van der Waals surface area contributed by atoms with Crippen LogP contribution in [0.2, 0.25) is 0 Å². The van der Waals surface area contributed by atoms with Crippen molar-refractivity contribution >= 4 is 28.6 Å². The summed E-state index contributed by atoms with van der Waals surface area (Å²) in [7, 11) is 0. The van der Waals surface area contributed by atoms with E-state index in [1.807, 2.05) is 55.5 Å². The molecule has 0 spiro atoms. The van der Waals surface area contributed by atoms with Crippen LogP contribution in [0.4, 0.5) is 0 Å². The van der Waals surface area contributed by atoms with E-state index in [4.69, 9.17) is 4.98 Å². The maximum absolute atomic E-state index is 13.2. The van der Waals surface area contributed by atoms with Gasteiger partial charge in [0.15, 0.2) is 5.16 Å². The number of fused-ring (bicyclic) bond motifs is 1. The maximum atomic E-state index is 13.2. The summed E-state index contributed by atoms with van der Waals surface area (Å²) in [6, 6.07) is 17.4. The summed E-state index contributed by atoms with van der Waals surface area (Å²) in [5, 5.41) is 4.14. The quantitative estimate of drug-likeness (QED) is 0.527. The third-order valence-corrected chi connectivity index (χ3v) is 5.67. The molecule has 1 amide bonds. The Hall–Kier alpha value is -2.60. The number of thioether (sulfide) groups is 1. The molecule has 0 unspecified atom stereocenters. The van der Waals surface area contributed by atoms with E-state index in [0.717, 1.165) is 18.4 Å². The van der Waals surface area contributed by atoms with Gasteiger partial charge in [-0.2, -0.15) is 0 Å². The van der Waals surface area contributed by atoms with E-state index in [-0.39, 0.29) is 23.3 Å². The van der Waals surface area contributed by atoms with E-state index in [9.17, 15) is 9.59 Å². The minimum absolute atomic E-state index is 0.0104. The number of amides is 1. The molecule has 1 aliphatic rings. The van der Waals surface area contributed by atoms with Gasteiger partial charge in [-0.05, 0) is 37.5 Å². The van der Waals surface area contributed by atoms with Crippen molar-refractivity contribution in [2.24, 2.45) is 0 Å². The van der Waals surface area contributed by atoms with Crippen molar-refractivity contribution in [3.05, 3.63) is 70.5 Å². The first-order valence-corrected chi connectivity index (χ1v) is 10.1. The minimum Gasteiger partial charge on any atom is -0.353 e. The molecule has 1 aromatic heterocycles. The minimum atomic E-state index is -0.176. The lowest BCUT2D eigenvalue weighted by atomic mass is 10.1. The number of nitrogens with zero attached hydrogens (tertiary/aromatic N) is 2. The Balaban J connectivity index is 1.73. The van der Waals surface area contributed by atoms with E-state index >= 15 is 0 Å². The second-order valence-electron chi connectivity index (χ2n) is 6.80. The van der Waals surface area contributed by atoms with Crippen molar-refractivity contribution in [1.82, 2.24) is 14.9 Å². The summed E-state index contributed by atoms with van der Waals surface area (Å²) >= 11 is 1.32. The Bertz CT molecular complexity index is 1030. The molecule has 1 saturated carbocycles. The normalized spacial score (nSPS) is 14.9. The van der Waals surface area contributed by atoms with Gasteiger partial charge in [0.25, 0.3) is 5.56 Å². The molecule has 1 fully saturated rings. The van der Waals surface area contributed by atoms with Crippen molar-refractivity contribution in [1.29, 1.82) is 0 Å². The molecule has 3 aromatic rings. The average Bonchev–Trinajstić information content (AvgIpc) is 3.51. The monoisotopic (exact) mass is 379 g/mol. The largest absolute Gasteiger partial charge is 0.353 e. The molecular formula is C21H21N3O2S. The molecule has 6 heteroatoms. The van der Waals surface area contributed by atoms with Crippen LogP contribution in [-0.4, -0.2) is 27.3 Å². The van der Waals surface area contributed by atoms with Crippen molar-refractivity contribution in [2.75, 3.05) is 5.75 Å². The summed E-state index contributed by atoms with van der Waals surface area (Å²) in [6.07, 6.45) is 2.11. The summed E-state index contributed by atoms with van der Waals surface area (Å²) in [5.74, 6) is 0.242. The molecule has 1 atom stereocenters. The van der Waals surface area contributed by atoms with E-state index in [1.165, 1.54) is 11.8 Å². The first kappa shape index (κ1) is 17.8.